The van der Waals surface area contributed by atoms with Gasteiger partial charge in [-0.05, 0) is 63.0 Å². The van der Waals surface area contributed by atoms with E-state index in [0.29, 0.717) is 22.0 Å². The number of carbonyl (C=O) groups is 2. The molecule has 38 heavy (non-hydrogen) atoms. The molecule has 0 aliphatic carbocycles. The van der Waals surface area contributed by atoms with Crippen LogP contribution in [0.1, 0.15) is 15.9 Å². The van der Waals surface area contributed by atoms with E-state index in [2.05, 4.69) is 15.4 Å². The van der Waals surface area contributed by atoms with E-state index in [-0.39, 0.29) is 40.4 Å². The van der Waals surface area contributed by atoms with Crippen LogP contribution in [0.15, 0.2) is 83.8 Å². The van der Waals surface area contributed by atoms with Crippen molar-refractivity contribution in [2.45, 2.75) is 11.8 Å². The molecule has 0 atom stereocenters. The summed E-state index contributed by atoms with van der Waals surface area (Å²) in [6, 6.07) is 21.1. The number of likely N-dealkylation sites (N-methyl/N-ethyl adjacent to an activating group) is 1. The van der Waals surface area contributed by atoms with Crippen LogP contribution in [-0.4, -0.2) is 50.9 Å². The number of aryl methyl sites for hydroxylation is 1. The molecule has 0 saturated heterocycles. The van der Waals surface area contributed by atoms with Crippen LogP contribution >= 0.6 is 0 Å². The van der Waals surface area contributed by atoms with Crippen LogP contribution in [0.2, 0.25) is 0 Å². The molecule has 0 spiro atoms. The third kappa shape index (κ3) is 5.93. The number of fused-ring (bicyclic) bond motifs is 1. The Hall–Kier alpha value is -4.41. The van der Waals surface area contributed by atoms with Crippen molar-refractivity contribution in [1.29, 1.82) is 0 Å². The van der Waals surface area contributed by atoms with Crippen molar-refractivity contribution in [2.24, 2.45) is 0 Å². The summed E-state index contributed by atoms with van der Waals surface area (Å²) in [4.78, 5) is 26.7. The van der Waals surface area contributed by atoms with Gasteiger partial charge in [-0.1, -0.05) is 42.5 Å². The van der Waals surface area contributed by atoms with Crippen LogP contribution in [0.5, 0.6) is 5.75 Å². The number of anilines is 3. The second-order valence-corrected chi connectivity index (χ2v) is 10.7. The van der Waals surface area contributed by atoms with E-state index in [1.54, 1.807) is 61.5 Å². The zero-order chi connectivity index (χ0) is 27.4. The molecule has 0 bridgehead atoms. The smallest absolute Gasteiger partial charge is 0.262 e. The van der Waals surface area contributed by atoms with Crippen LogP contribution in [0.3, 0.4) is 0 Å². The van der Waals surface area contributed by atoms with Gasteiger partial charge in [0.2, 0.25) is 5.91 Å². The van der Waals surface area contributed by atoms with Gasteiger partial charge in [-0.15, -0.1) is 0 Å². The highest BCUT2D eigenvalue weighted by molar-refractivity contribution is 7.93. The Morgan fingerprint density at radius 2 is 1.53 bits per heavy atom. The number of hydrogen-bond acceptors (Lipinski definition) is 6. The average molecular weight is 533 g/mol. The maximum Gasteiger partial charge on any atom is 0.262 e. The van der Waals surface area contributed by atoms with Gasteiger partial charge in [0.25, 0.3) is 15.9 Å². The van der Waals surface area contributed by atoms with Crippen molar-refractivity contribution >= 4 is 49.7 Å². The minimum atomic E-state index is -4.09. The third-order valence-corrected chi connectivity index (χ3v) is 7.23. The minimum Gasteiger partial charge on any atom is -0.506 e. The van der Waals surface area contributed by atoms with Crippen molar-refractivity contribution in [2.75, 3.05) is 36.0 Å². The molecule has 4 N–H and O–H groups in total. The zero-order valence-corrected chi connectivity index (χ0v) is 22.0. The molecule has 0 aromatic heterocycles. The summed E-state index contributed by atoms with van der Waals surface area (Å²) >= 11 is 0. The number of hydrogen-bond donors (Lipinski definition) is 4. The molecule has 0 aliphatic rings. The number of amides is 2. The molecule has 4 aromatic rings. The Bertz CT molecular complexity index is 1630. The summed E-state index contributed by atoms with van der Waals surface area (Å²) in [5, 5.41) is 16.6. The molecule has 4 aromatic carbocycles. The number of carbonyl (C=O) groups excluding carboxylic acids is 2. The fraction of sp³-hybridized carbons (Fsp3) is 0.143. The first-order valence-corrected chi connectivity index (χ1v) is 13.2. The second kappa shape index (κ2) is 10.9. The van der Waals surface area contributed by atoms with Gasteiger partial charge in [0.1, 0.15) is 5.75 Å². The highest BCUT2D eigenvalue weighted by Gasteiger charge is 2.21. The van der Waals surface area contributed by atoms with E-state index in [1.165, 1.54) is 24.3 Å². The van der Waals surface area contributed by atoms with Crippen LogP contribution < -0.4 is 15.4 Å². The fourth-order valence-electron chi connectivity index (χ4n) is 4.02. The third-order valence-electron chi connectivity index (χ3n) is 5.79. The van der Waals surface area contributed by atoms with Gasteiger partial charge in [0, 0.05) is 22.0 Å². The number of aromatic hydroxyl groups is 1. The van der Waals surface area contributed by atoms with Crippen molar-refractivity contribution in [3.05, 3.63) is 90.0 Å². The lowest BCUT2D eigenvalue weighted by atomic mass is 10.1. The lowest BCUT2D eigenvalue weighted by Gasteiger charge is -2.16. The first-order chi connectivity index (χ1) is 18.0. The highest BCUT2D eigenvalue weighted by atomic mass is 32.2. The summed E-state index contributed by atoms with van der Waals surface area (Å²) in [6.45, 7) is 1.94. The van der Waals surface area contributed by atoms with E-state index in [0.717, 1.165) is 5.56 Å². The molecule has 0 radical (unpaired) electrons. The number of nitrogens with zero attached hydrogens (tertiary/aromatic N) is 1. The van der Waals surface area contributed by atoms with Crippen molar-refractivity contribution in [3.63, 3.8) is 0 Å². The van der Waals surface area contributed by atoms with E-state index >= 15 is 0 Å². The van der Waals surface area contributed by atoms with E-state index in [9.17, 15) is 23.1 Å². The van der Waals surface area contributed by atoms with Gasteiger partial charge in [0.15, 0.2) is 0 Å². The summed E-state index contributed by atoms with van der Waals surface area (Å²) in [5.74, 6) is -0.853. The topological polar surface area (TPSA) is 128 Å². The average Bonchev–Trinajstić information content (AvgIpc) is 2.85. The van der Waals surface area contributed by atoms with Crippen molar-refractivity contribution in [3.8, 4) is 5.75 Å². The number of sulfonamides is 1. The maximum atomic E-state index is 13.4. The predicted octanol–water partition coefficient (Wildman–Crippen LogP) is 4.41. The number of benzene rings is 4. The molecule has 0 saturated carbocycles. The molecule has 0 heterocycles. The maximum absolute atomic E-state index is 13.4. The van der Waals surface area contributed by atoms with Crippen LogP contribution in [0.25, 0.3) is 10.8 Å². The fourth-order valence-corrected chi connectivity index (χ4v) is 5.28. The molecule has 0 aliphatic heterocycles. The predicted molar refractivity (Wildman–Crippen MR) is 149 cm³/mol. The monoisotopic (exact) mass is 532 g/mol. The second-order valence-electron chi connectivity index (χ2n) is 9.05. The van der Waals surface area contributed by atoms with E-state index in [4.69, 9.17) is 0 Å². The Labute approximate surface area is 221 Å². The molecule has 0 fully saturated rings. The first kappa shape index (κ1) is 26.6. The molecular weight excluding hydrogens is 504 g/mol. The number of rotatable bonds is 8. The molecular formula is C28H28N4O5S. The molecule has 0 unspecified atom stereocenters. The molecule has 9 nitrogen and oxygen atoms in total. The van der Waals surface area contributed by atoms with Crippen molar-refractivity contribution in [1.82, 2.24) is 4.90 Å². The minimum absolute atomic E-state index is 0.00765. The SMILES string of the molecule is Cc1ccccc1C(=O)Nc1ccc(S(=O)(=O)Nc2ccc(O)c(NC(=O)CN(C)C)c2)c2ccccc12. The Morgan fingerprint density at radius 1 is 0.842 bits per heavy atom. The molecule has 196 valence electrons. The molecule has 10 heteroatoms. The first-order valence-electron chi connectivity index (χ1n) is 11.7. The van der Waals surface area contributed by atoms with Crippen LogP contribution in [-0.2, 0) is 14.8 Å². The Balaban J connectivity index is 1.64. The quantitative estimate of drug-likeness (QED) is 0.197. The van der Waals surface area contributed by atoms with Crippen LogP contribution in [0, 0.1) is 6.92 Å². The van der Waals surface area contributed by atoms with E-state index in [1.807, 2.05) is 19.1 Å². The standard InChI is InChI=1S/C28H28N4O5S/c1-18-8-4-5-9-20(18)28(35)30-23-13-15-26(22-11-7-6-10-21(22)23)38(36,37)31-19-12-14-25(33)24(16-19)29-27(34)17-32(2)3/h4-16,31,33H,17H2,1-3H3,(H,29,34)(H,30,35). The van der Waals surface area contributed by atoms with Gasteiger partial charge in [0.05, 0.1) is 22.8 Å². The number of phenolic OH excluding ortho intramolecular Hbond substituents is 1. The summed E-state index contributed by atoms with van der Waals surface area (Å²) < 4.78 is 29.4. The summed E-state index contributed by atoms with van der Waals surface area (Å²) in [7, 11) is -0.627. The summed E-state index contributed by atoms with van der Waals surface area (Å²) in [5.41, 5.74) is 2.06. The molecule has 4 rings (SSSR count). The van der Waals surface area contributed by atoms with Crippen LogP contribution in [0.4, 0.5) is 17.1 Å². The molecule has 2 amide bonds. The van der Waals surface area contributed by atoms with Gasteiger partial charge in [-0.2, -0.15) is 0 Å². The lowest BCUT2D eigenvalue weighted by molar-refractivity contribution is -0.116. The lowest BCUT2D eigenvalue weighted by Crippen LogP contribution is -2.27. The normalized spacial score (nSPS) is 11.4. The summed E-state index contributed by atoms with van der Waals surface area (Å²) in [6.07, 6.45) is 0. The van der Waals surface area contributed by atoms with E-state index < -0.39 is 10.0 Å². The van der Waals surface area contributed by atoms with Crippen molar-refractivity contribution < 1.29 is 23.1 Å². The zero-order valence-electron chi connectivity index (χ0n) is 21.1. The number of phenols is 1. The highest BCUT2D eigenvalue weighted by Crippen LogP contribution is 2.32. The Morgan fingerprint density at radius 3 is 2.24 bits per heavy atom. The van der Waals surface area contributed by atoms with Gasteiger partial charge in [-0.25, -0.2) is 8.42 Å². The van der Waals surface area contributed by atoms with Gasteiger partial charge in [-0.3, -0.25) is 14.3 Å². The Kier molecular flexibility index (Phi) is 7.65. The number of nitrogens with one attached hydrogen (secondary N) is 3. The van der Waals surface area contributed by atoms with Gasteiger partial charge < -0.3 is 20.6 Å². The van der Waals surface area contributed by atoms with Gasteiger partial charge >= 0.3 is 0 Å². The largest absolute Gasteiger partial charge is 0.506 e.